The van der Waals surface area contributed by atoms with Crippen LogP contribution in [0.2, 0.25) is 5.02 Å². The van der Waals surface area contributed by atoms with Crippen LogP contribution in [0.5, 0.6) is 0 Å². The van der Waals surface area contributed by atoms with Gasteiger partial charge in [-0.1, -0.05) is 41.4 Å². The molecule has 25 heavy (non-hydrogen) atoms. The molecule has 0 saturated heterocycles. The van der Waals surface area contributed by atoms with Crippen LogP contribution in [0.15, 0.2) is 53.4 Å². The van der Waals surface area contributed by atoms with Crippen LogP contribution in [0.4, 0.5) is 0 Å². The first-order chi connectivity index (χ1) is 11.7. The van der Waals surface area contributed by atoms with Crippen molar-refractivity contribution in [1.82, 2.24) is 4.72 Å². The molecule has 0 aliphatic heterocycles. The van der Waals surface area contributed by atoms with Gasteiger partial charge in [-0.2, -0.15) is 4.72 Å². The smallest absolute Gasteiger partial charge is 0.325 e. The molecule has 0 spiro atoms. The Bertz CT molecular complexity index is 836. The van der Waals surface area contributed by atoms with E-state index in [0.29, 0.717) is 10.6 Å². The Balaban J connectivity index is 2.32. The quantitative estimate of drug-likeness (QED) is 0.594. The molecule has 0 aliphatic carbocycles. The maximum atomic E-state index is 12.6. The van der Waals surface area contributed by atoms with Crippen LogP contribution in [0.25, 0.3) is 0 Å². The van der Waals surface area contributed by atoms with E-state index in [1.807, 2.05) is 6.92 Å². The maximum absolute atomic E-state index is 12.6. The largest absolute Gasteiger partial charge is 0.468 e. The van der Waals surface area contributed by atoms with Gasteiger partial charge in [0.2, 0.25) is 10.0 Å². The fraction of sp³-hybridized carbons (Fsp3) is 0.235. The zero-order valence-corrected chi connectivity index (χ0v) is 15.9. The average molecular weight is 402 g/mol. The SMILES string of the molecule is COC(=O)[C@H](NS(=O)(=O)c1ccc(C)cc1)[C@H](Cl)c1ccc(Cl)cc1. The summed E-state index contributed by atoms with van der Waals surface area (Å²) >= 11 is 12.2. The summed E-state index contributed by atoms with van der Waals surface area (Å²) in [6, 6.07) is 11.4. The second-order valence-electron chi connectivity index (χ2n) is 5.39. The monoisotopic (exact) mass is 401 g/mol. The Labute approximate surface area is 157 Å². The summed E-state index contributed by atoms with van der Waals surface area (Å²) in [5, 5.41) is -0.465. The summed E-state index contributed by atoms with van der Waals surface area (Å²) in [7, 11) is -2.79. The van der Waals surface area contributed by atoms with Crippen molar-refractivity contribution in [2.75, 3.05) is 7.11 Å². The molecule has 1 N–H and O–H groups in total. The van der Waals surface area contributed by atoms with Gasteiger partial charge in [-0.3, -0.25) is 4.79 Å². The van der Waals surface area contributed by atoms with Crippen LogP contribution >= 0.6 is 23.2 Å². The summed E-state index contributed by atoms with van der Waals surface area (Å²) in [6.45, 7) is 1.84. The Morgan fingerprint density at radius 2 is 1.64 bits per heavy atom. The molecule has 0 amide bonds. The van der Waals surface area contributed by atoms with Gasteiger partial charge < -0.3 is 4.74 Å². The number of rotatable bonds is 6. The molecule has 0 aromatic heterocycles. The molecular formula is C17H17Cl2NO4S. The van der Waals surface area contributed by atoms with Crippen molar-refractivity contribution in [3.8, 4) is 0 Å². The van der Waals surface area contributed by atoms with Crippen molar-refractivity contribution in [3.05, 3.63) is 64.7 Å². The van der Waals surface area contributed by atoms with E-state index in [4.69, 9.17) is 27.9 Å². The lowest BCUT2D eigenvalue weighted by molar-refractivity contribution is -0.142. The van der Waals surface area contributed by atoms with Gasteiger partial charge in [-0.05, 0) is 36.8 Å². The first-order valence-corrected chi connectivity index (χ1v) is 9.60. The highest BCUT2D eigenvalue weighted by atomic mass is 35.5. The molecule has 5 nitrogen and oxygen atoms in total. The molecule has 2 rings (SSSR count). The molecule has 8 heteroatoms. The zero-order chi connectivity index (χ0) is 18.6. The number of alkyl halides is 1. The number of halogens is 2. The van der Waals surface area contributed by atoms with E-state index in [0.717, 1.165) is 5.56 Å². The van der Waals surface area contributed by atoms with Crippen molar-refractivity contribution < 1.29 is 17.9 Å². The number of carbonyl (C=O) groups excluding carboxylic acids is 1. The Morgan fingerprint density at radius 3 is 2.16 bits per heavy atom. The highest BCUT2D eigenvalue weighted by molar-refractivity contribution is 7.89. The van der Waals surface area contributed by atoms with E-state index in [9.17, 15) is 13.2 Å². The number of carbonyl (C=O) groups is 1. The first kappa shape index (κ1) is 19.7. The zero-order valence-electron chi connectivity index (χ0n) is 13.6. The summed E-state index contributed by atoms with van der Waals surface area (Å²) < 4.78 is 32.2. The summed E-state index contributed by atoms with van der Waals surface area (Å²) in [4.78, 5) is 12.1. The molecule has 0 radical (unpaired) electrons. The number of ether oxygens (including phenoxy) is 1. The lowest BCUT2D eigenvalue weighted by Gasteiger charge is -2.21. The molecule has 0 unspecified atom stereocenters. The normalized spacial score (nSPS) is 13.9. The fourth-order valence-corrected chi connectivity index (χ4v) is 3.86. The van der Waals surface area contributed by atoms with Gasteiger partial charge in [0.25, 0.3) is 0 Å². The lowest BCUT2D eigenvalue weighted by atomic mass is 10.1. The van der Waals surface area contributed by atoms with Crippen LogP contribution in [0, 0.1) is 6.92 Å². The molecule has 0 saturated carbocycles. The van der Waals surface area contributed by atoms with Gasteiger partial charge in [0, 0.05) is 5.02 Å². The van der Waals surface area contributed by atoms with E-state index in [1.54, 1.807) is 36.4 Å². The standard InChI is InChI=1S/C17H17Cl2NO4S/c1-11-3-9-14(10-4-11)25(22,23)20-16(17(21)24-2)15(19)12-5-7-13(18)8-6-12/h3-10,15-16,20H,1-2H3/t15-,16-/m1/s1. The number of sulfonamides is 1. The molecule has 0 aliphatic rings. The topological polar surface area (TPSA) is 72.5 Å². The molecule has 0 heterocycles. The van der Waals surface area contributed by atoms with Crippen molar-refractivity contribution in [3.63, 3.8) is 0 Å². The van der Waals surface area contributed by atoms with Gasteiger partial charge in [0.1, 0.15) is 6.04 Å². The van der Waals surface area contributed by atoms with Gasteiger partial charge in [-0.15, -0.1) is 11.6 Å². The number of hydrogen-bond acceptors (Lipinski definition) is 4. The minimum atomic E-state index is -3.95. The van der Waals surface area contributed by atoms with E-state index in [1.165, 1.54) is 19.2 Å². The summed E-state index contributed by atoms with van der Waals surface area (Å²) in [5.41, 5.74) is 1.45. The maximum Gasteiger partial charge on any atom is 0.325 e. The van der Waals surface area contributed by atoms with E-state index in [-0.39, 0.29) is 4.90 Å². The third-order valence-electron chi connectivity index (χ3n) is 3.55. The predicted octanol–water partition coefficient (Wildman–Crippen LogP) is 3.45. The Kier molecular flexibility index (Phi) is 6.46. The molecule has 2 aromatic carbocycles. The molecule has 2 aromatic rings. The summed E-state index contributed by atoms with van der Waals surface area (Å²) in [5.74, 6) is -0.786. The number of hydrogen-bond donors (Lipinski definition) is 1. The van der Waals surface area contributed by atoms with Crippen molar-refractivity contribution in [1.29, 1.82) is 0 Å². The number of nitrogens with one attached hydrogen (secondary N) is 1. The van der Waals surface area contributed by atoms with Crippen LogP contribution in [-0.2, 0) is 19.6 Å². The van der Waals surface area contributed by atoms with Crippen LogP contribution in [0.3, 0.4) is 0 Å². The van der Waals surface area contributed by atoms with Crippen molar-refractivity contribution in [2.45, 2.75) is 23.2 Å². The highest BCUT2D eigenvalue weighted by Crippen LogP contribution is 2.27. The van der Waals surface area contributed by atoms with Crippen molar-refractivity contribution in [2.24, 2.45) is 0 Å². The Morgan fingerprint density at radius 1 is 1.08 bits per heavy atom. The van der Waals surface area contributed by atoms with Gasteiger partial charge in [0.05, 0.1) is 17.4 Å². The molecule has 2 atom stereocenters. The van der Waals surface area contributed by atoms with Crippen molar-refractivity contribution >= 4 is 39.2 Å². The van der Waals surface area contributed by atoms with Crippen LogP contribution in [0.1, 0.15) is 16.5 Å². The predicted molar refractivity (Wildman–Crippen MR) is 97.4 cm³/mol. The Hall–Kier alpha value is -1.60. The number of benzene rings is 2. The first-order valence-electron chi connectivity index (χ1n) is 7.31. The number of methoxy groups -OCH3 is 1. The second-order valence-corrected chi connectivity index (χ2v) is 8.01. The lowest BCUT2D eigenvalue weighted by Crippen LogP contribution is -2.44. The van der Waals surface area contributed by atoms with E-state index in [2.05, 4.69) is 4.72 Å². The number of esters is 1. The highest BCUT2D eigenvalue weighted by Gasteiger charge is 2.33. The number of aryl methyl sites for hydroxylation is 1. The molecule has 0 bridgehead atoms. The van der Waals surface area contributed by atoms with E-state index < -0.39 is 27.4 Å². The average Bonchev–Trinajstić information content (AvgIpc) is 2.59. The van der Waals surface area contributed by atoms with Crippen LogP contribution in [-0.4, -0.2) is 27.5 Å². The third-order valence-corrected chi connectivity index (χ3v) is 5.76. The van der Waals surface area contributed by atoms with Gasteiger partial charge >= 0.3 is 5.97 Å². The molecule has 0 fully saturated rings. The minimum absolute atomic E-state index is 0.0342. The fourth-order valence-electron chi connectivity index (χ4n) is 2.15. The summed E-state index contributed by atoms with van der Waals surface area (Å²) in [6.07, 6.45) is 0. The third kappa shape index (κ3) is 4.95. The minimum Gasteiger partial charge on any atom is -0.468 e. The second kappa shape index (κ2) is 8.19. The van der Waals surface area contributed by atoms with E-state index >= 15 is 0 Å². The van der Waals surface area contributed by atoms with Crippen LogP contribution < -0.4 is 4.72 Å². The van der Waals surface area contributed by atoms with Gasteiger partial charge in [0.15, 0.2) is 0 Å². The molecular weight excluding hydrogens is 385 g/mol. The molecule has 134 valence electrons. The van der Waals surface area contributed by atoms with Gasteiger partial charge in [-0.25, -0.2) is 8.42 Å².